The summed E-state index contributed by atoms with van der Waals surface area (Å²) in [5.74, 6) is -0.623. The van der Waals surface area contributed by atoms with Crippen molar-refractivity contribution in [1.29, 1.82) is 0 Å². The van der Waals surface area contributed by atoms with Gasteiger partial charge >= 0.3 is 0 Å². The van der Waals surface area contributed by atoms with Crippen molar-refractivity contribution in [2.45, 2.75) is 4.90 Å². The maximum absolute atomic E-state index is 13.1. The second kappa shape index (κ2) is 6.33. The topological polar surface area (TPSA) is 112 Å². The molecule has 1 aromatic rings. The average Bonchev–Trinajstić information content (AvgIpc) is 2.47. The van der Waals surface area contributed by atoms with Gasteiger partial charge in [-0.2, -0.15) is 4.31 Å². The Morgan fingerprint density at radius 3 is 2.62 bits per heavy atom. The van der Waals surface area contributed by atoms with Gasteiger partial charge in [-0.1, -0.05) is 5.16 Å². The van der Waals surface area contributed by atoms with E-state index in [0.29, 0.717) is 13.1 Å². The highest BCUT2D eigenvalue weighted by atomic mass is 32.2. The highest BCUT2D eigenvalue weighted by molar-refractivity contribution is 7.89. The Bertz CT molecular complexity index is 629. The van der Waals surface area contributed by atoms with Crippen LogP contribution in [0.5, 0.6) is 0 Å². The summed E-state index contributed by atoms with van der Waals surface area (Å²) in [6.45, 7) is 1.65. The third-order valence-electron chi connectivity index (χ3n) is 3.16. The van der Waals surface area contributed by atoms with Gasteiger partial charge in [0.25, 0.3) is 0 Å². The van der Waals surface area contributed by atoms with Crippen LogP contribution in [-0.4, -0.2) is 66.4 Å². The maximum atomic E-state index is 13.1. The number of sulfonamides is 1. The lowest BCUT2D eigenvalue weighted by molar-refractivity contribution is 0.206. The summed E-state index contributed by atoms with van der Waals surface area (Å²) in [5.41, 5.74) is 5.41. The molecular formula is C11H16FN5O3S. The molecule has 0 saturated carbocycles. The zero-order valence-corrected chi connectivity index (χ0v) is 12.0. The molecule has 1 saturated heterocycles. The van der Waals surface area contributed by atoms with Gasteiger partial charge in [0.05, 0.1) is 12.7 Å². The standard InChI is InChI=1S/C11H16FN5O3S/c12-9-5-10(7-14-6-9)21(19,20)17-3-1-16(2-4-17)8-11(13)15-18/h5-7,18H,1-4,8H2,(H2,13,15). The number of hydrogen-bond acceptors (Lipinski definition) is 6. The normalized spacial score (nSPS) is 18.8. The maximum Gasteiger partial charge on any atom is 0.244 e. The van der Waals surface area contributed by atoms with Crippen molar-refractivity contribution < 1.29 is 18.0 Å². The number of piperazine rings is 1. The van der Waals surface area contributed by atoms with E-state index in [1.807, 2.05) is 4.90 Å². The van der Waals surface area contributed by atoms with Crippen LogP contribution in [0.3, 0.4) is 0 Å². The van der Waals surface area contributed by atoms with E-state index in [0.717, 1.165) is 18.5 Å². The summed E-state index contributed by atoms with van der Waals surface area (Å²) in [7, 11) is -3.75. The predicted molar refractivity (Wildman–Crippen MR) is 72.8 cm³/mol. The molecule has 2 heterocycles. The second-order valence-electron chi connectivity index (χ2n) is 4.61. The van der Waals surface area contributed by atoms with Crippen LogP contribution < -0.4 is 5.73 Å². The highest BCUT2D eigenvalue weighted by Gasteiger charge is 2.29. The van der Waals surface area contributed by atoms with Gasteiger partial charge in [-0.25, -0.2) is 12.8 Å². The fraction of sp³-hybridized carbons (Fsp3) is 0.455. The lowest BCUT2D eigenvalue weighted by atomic mass is 10.3. The fourth-order valence-electron chi connectivity index (χ4n) is 2.07. The number of nitrogens with zero attached hydrogens (tertiary/aromatic N) is 4. The third kappa shape index (κ3) is 3.65. The van der Waals surface area contributed by atoms with Crippen molar-refractivity contribution in [3.63, 3.8) is 0 Å². The number of rotatable bonds is 4. The molecule has 21 heavy (non-hydrogen) atoms. The van der Waals surface area contributed by atoms with Crippen LogP contribution >= 0.6 is 0 Å². The van der Waals surface area contributed by atoms with Crippen LogP contribution in [0.25, 0.3) is 0 Å². The Labute approximate surface area is 121 Å². The van der Waals surface area contributed by atoms with Crippen molar-refractivity contribution in [2.75, 3.05) is 32.7 Å². The summed E-state index contributed by atoms with van der Waals surface area (Å²) < 4.78 is 39.0. The number of halogens is 1. The Hall–Kier alpha value is -1.78. The van der Waals surface area contributed by atoms with Crippen LogP contribution in [0.1, 0.15) is 0 Å². The monoisotopic (exact) mass is 317 g/mol. The van der Waals surface area contributed by atoms with Gasteiger partial charge in [-0.3, -0.25) is 9.88 Å². The van der Waals surface area contributed by atoms with Gasteiger partial charge in [0.15, 0.2) is 5.84 Å². The molecular weight excluding hydrogens is 301 g/mol. The molecule has 0 spiro atoms. The van der Waals surface area contributed by atoms with Gasteiger partial charge in [-0.05, 0) is 6.07 Å². The number of amidine groups is 1. The quantitative estimate of drug-likeness (QED) is 0.328. The molecule has 0 radical (unpaired) electrons. The van der Waals surface area contributed by atoms with Gasteiger partial charge in [-0.15, -0.1) is 0 Å². The minimum atomic E-state index is -3.75. The molecule has 1 fully saturated rings. The van der Waals surface area contributed by atoms with Gasteiger partial charge in [0.1, 0.15) is 10.7 Å². The van der Waals surface area contributed by atoms with Crippen molar-refractivity contribution in [3.8, 4) is 0 Å². The van der Waals surface area contributed by atoms with E-state index < -0.39 is 15.8 Å². The lowest BCUT2D eigenvalue weighted by Crippen LogP contribution is -2.50. The first-order chi connectivity index (χ1) is 9.93. The summed E-state index contributed by atoms with van der Waals surface area (Å²) in [4.78, 5) is 5.27. The van der Waals surface area contributed by atoms with Gasteiger partial charge < -0.3 is 10.9 Å². The minimum absolute atomic E-state index is 0.0700. The van der Waals surface area contributed by atoms with Crippen molar-refractivity contribution in [1.82, 2.24) is 14.2 Å². The molecule has 2 rings (SSSR count). The number of nitrogens with two attached hydrogens (primary N) is 1. The first-order valence-corrected chi connectivity index (χ1v) is 7.67. The molecule has 0 atom stereocenters. The molecule has 0 bridgehead atoms. The lowest BCUT2D eigenvalue weighted by Gasteiger charge is -2.33. The fourth-order valence-corrected chi connectivity index (χ4v) is 3.47. The Morgan fingerprint density at radius 1 is 1.38 bits per heavy atom. The molecule has 3 N–H and O–H groups in total. The number of oxime groups is 1. The molecule has 0 unspecified atom stereocenters. The largest absolute Gasteiger partial charge is 0.409 e. The summed E-state index contributed by atoms with van der Waals surface area (Å²) in [6, 6.07) is 0.950. The predicted octanol–water partition coefficient (Wildman–Crippen LogP) is -0.727. The molecule has 10 heteroatoms. The van der Waals surface area contributed by atoms with Crippen molar-refractivity contribution in [2.24, 2.45) is 10.9 Å². The molecule has 8 nitrogen and oxygen atoms in total. The van der Waals surface area contributed by atoms with Crippen molar-refractivity contribution in [3.05, 3.63) is 24.3 Å². The number of pyridine rings is 1. The zero-order valence-electron chi connectivity index (χ0n) is 11.2. The number of hydrogen-bond donors (Lipinski definition) is 2. The van der Waals surface area contributed by atoms with E-state index in [1.165, 1.54) is 4.31 Å². The summed E-state index contributed by atoms with van der Waals surface area (Å²) in [5, 5.41) is 11.4. The SMILES string of the molecule is NC(CN1CCN(S(=O)(=O)c2cncc(F)c2)CC1)=NO. The average molecular weight is 317 g/mol. The van der Waals surface area contributed by atoms with Crippen LogP contribution in [-0.2, 0) is 10.0 Å². The Kier molecular flexibility index (Phi) is 4.70. The molecule has 0 aliphatic carbocycles. The van der Waals surface area contributed by atoms with Crippen LogP contribution in [0, 0.1) is 5.82 Å². The van der Waals surface area contributed by atoms with E-state index in [4.69, 9.17) is 10.9 Å². The molecule has 1 aromatic heterocycles. The molecule has 0 aromatic carbocycles. The highest BCUT2D eigenvalue weighted by Crippen LogP contribution is 2.17. The van der Waals surface area contributed by atoms with Crippen LogP contribution in [0.2, 0.25) is 0 Å². The van der Waals surface area contributed by atoms with E-state index in [9.17, 15) is 12.8 Å². The van der Waals surface area contributed by atoms with E-state index >= 15 is 0 Å². The molecule has 1 aliphatic rings. The summed E-state index contributed by atoms with van der Waals surface area (Å²) >= 11 is 0. The van der Waals surface area contributed by atoms with Crippen molar-refractivity contribution >= 4 is 15.9 Å². The van der Waals surface area contributed by atoms with Crippen LogP contribution in [0.15, 0.2) is 28.5 Å². The smallest absolute Gasteiger partial charge is 0.244 e. The Morgan fingerprint density at radius 2 is 2.05 bits per heavy atom. The molecule has 1 aliphatic heterocycles. The number of aromatic nitrogens is 1. The third-order valence-corrected chi connectivity index (χ3v) is 5.03. The summed E-state index contributed by atoms with van der Waals surface area (Å²) in [6.07, 6.45) is 2.08. The van der Waals surface area contributed by atoms with E-state index in [2.05, 4.69) is 10.1 Å². The zero-order chi connectivity index (χ0) is 15.5. The van der Waals surface area contributed by atoms with Gasteiger partial charge in [0.2, 0.25) is 10.0 Å². The van der Waals surface area contributed by atoms with Gasteiger partial charge in [0, 0.05) is 32.4 Å². The van der Waals surface area contributed by atoms with Crippen LogP contribution in [0.4, 0.5) is 4.39 Å². The first-order valence-electron chi connectivity index (χ1n) is 6.23. The minimum Gasteiger partial charge on any atom is -0.409 e. The second-order valence-corrected chi connectivity index (χ2v) is 6.55. The van der Waals surface area contributed by atoms with E-state index in [1.54, 1.807) is 0 Å². The molecule has 116 valence electrons. The Balaban J connectivity index is 2.04. The molecule has 0 amide bonds. The first kappa shape index (κ1) is 15.6. The van der Waals surface area contributed by atoms with E-state index in [-0.39, 0.29) is 30.4 Å².